The summed E-state index contributed by atoms with van der Waals surface area (Å²) < 4.78 is 34.1. The third kappa shape index (κ3) is 3.58. The molecule has 3 rings (SSSR count). The van der Waals surface area contributed by atoms with E-state index in [1.54, 1.807) is 25.4 Å². The van der Waals surface area contributed by atoms with Crippen molar-refractivity contribution in [1.82, 2.24) is 14.3 Å². The monoisotopic (exact) mass is 345 g/mol. The Balaban J connectivity index is 1.57. The van der Waals surface area contributed by atoms with Gasteiger partial charge in [0.05, 0.1) is 12.0 Å². The van der Waals surface area contributed by atoms with Crippen LogP contribution in [0.2, 0.25) is 0 Å². The van der Waals surface area contributed by atoms with Crippen LogP contribution in [0, 0.1) is 0 Å². The molecule has 0 aliphatic rings. The summed E-state index contributed by atoms with van der Waals surface area (Å²) in [4.78, 5) is 4.58. The van der Waals surface area contributed by atoms with Gasteiger partial charge in [-0.25, -0.2) is 18.1 Å². The number of sulfonamides is 1. The summed E-state index contributed by atoms with van der Waals surface area (Å²) in [5.74, 6) is 0.626. The fourth-order valence-corrected chi connectivity index (χ4v) is 3.57. The minimum atomic E-state index is -3.50. The summed E-state index contributed by atoms with van der Waals surface area (Å²) in [5, 5.41) is 1.08. The molecule has 24 heavy (non-hydrogen) atoms. The highest BCUT2D eigenvalue weighted by atomic mass is 32.2. The first-order valence-corrected chi connectivity index (χ1v) is 9.12. The summed E-state index contributed by atoms with van der Waals surface area (Å²) in [6, 6.07) is 12.2. The molecule has 3 aromatic rings. The van der Waals surface area contributed by atoms with Gasteiger partial charge in [-0.2, -0.15) is 0 Å². The second-order valence-electron chi connectivity index (χ2n) is 5.35. The van der Waals surface area contributed by atoms with Gasteiger partial charge in [0, 0.05) is 30.9 Å². The molecule has 7 heteroatoms. The van der Waals surface area contributed by atoms with E-state index >= 15 is 0 Å². The molecule has 0 unspecified atom stereocenters. The van der Waals surface area contributed by atoms with Gasteiger partial charge in [0.15, 0.2) is 0 Å². The normalized spacial score (nSPS) is 11.7. The number of aromatic nitrogens is 2. The van der Waals surface area contributed by atoms with Crippen molar-refractivity contribution in [3.63, 3.8) is 0 Å². The van der Waals surface area contributed by atoms with Gasteiger partial charge in [0.25, 0.3) is 0 Å². The number of ether oxygens (including phenoxy) is 1. The van der Waals surface area contributed by atoms with Crippen molar-refractivity contribution in [2.75, 3.05) is 13.7 Å². The zero-order valence-electron chi connectivity index (χ0n) is 13.3. The van der Waals surface area contributed by atoms with E-state index in [9.17, 15) is 8.42 Å². The van der Waals surface area contributed by atoms with E-state index in [4.69, 9.17) is 4.74 Å². The molecule has 2 heterocycles. The van der Waals surface area contributed by atoms with Crippen LogP contribution in [-0.4, -0.2) is 31.6 Å². The van der Waals surface area contributed by atoms with Gasteiger partial charge in [0.2, 0.25) is 10.0 Å². The molecule has 0 amide bonds. The molecule has 1 aromatic carbocycles. The third-order valence-electron chi connectivity index (χ3n) is 3.76. The average molecular weight is 345 g/mol. The number of benzene rings is 1. The maximum atomic E-state index is 12.2. The Morgan fingerprint density at radius 3 is 2.71 bits per heavy atom. The number of hydrogen-bond acceptors (Lipinski definition) is 4. The van der Waals surface area contributed by atoms with Crippen molar-refractivity contribution >= 4 is 21.1 Å². The van der Waals surface area contributed by atoms with Gasteiger partial charge in [0.1, 0.15) is 11.4 Å². The lowest BCUT2D eigenvalue weighted by Gasteiger charge is -2.08. The predicted octanol–water partition coefficient (Wildman–Crippen LogP) is 2.41. The minimum absolute atomic E-state index is 0.233. The quantitative estimate of drug-likeness (QED) is 0.668. The second kappa shape index (κ2) is 7.02. The Kier molecular flexibility index (Phi) is 4.82. The summed E-state index contributed by atoms with van der Waals surface area (Å²) in [6.07, 6.45) is 4.40. The Morgan fingerprint density at radius 1 is 1.17 bits per heavy atom. The molecule has 0 aliphatic heterocycles. The highest BCUT2D eigenvalue weighted by Crippen LogP contribution is 2.15. The number of nitrogens with one attached hydrogen (secondary N) is 1. The lowest BCUT2D eigenvalue weighted by atomic mass is 10.3. The highest BCUT2D eigenvalue weighted by molar-refractivity contribution is 7.89. The lowest BCUT2D eigenvalue weighted by Crippen LogP contribution is -2.25. The van der Waals surface area contributed by atoms with E-state index in [1.807, 2.05) is 29.0 Å². The maximum absolute atomic E-state index is 12.2. The van der Waals surface area contributed by atoms with Crippen LogP contribution in [0.1, 0.15) is 6.42 Å². The van der Waals surface area contributed by atoms with Crippen LogP contribution >= 0.6 is 0 Å². The SMILES string of the molecule is COc1ccc(S(=O)(=O)NCCCn2ccc3cccnc32)cc1. The Labute approximate surface area is 141 Å². The number of nitrogens with zero attached hydrogens (tertiary/aromatic N) is 2. The molecule has 2 aromatic heterocycles. The van der Waals surface area contributed by atoms with E-state index in [2.05, 4.69) is 9.71 Å². The van der Waals surface area contributed by atoms with Gasteiger partial charge < -0.3 is 9.30 Å². The third-order valence-corrected chi connectivity index (χ3v) is 5.24. The predicted molar refractivity (Wildman–Crippen MR) is 92.5 cm³/mol. The molecule has 0 spiro atoms. The molecule has 0 saturated heterocycles. The van der Waals surface area contributed by atoms with Gasteiger partial charge in [-0.3, -0.25) is 0 Å². The number of methoxy groups -OCH3 is 1. The molecule has 0 saturated carbocycles. The second-order valence-corrected chi connectivity index (χ2v) is 7.12. The van der Waals surface area contributed by atoms with Crippen LogP contribution in [0.3, 0.4) is 0 Å². The minimum Gasteiger partial charge on any atom is -0.497 e. The first kappa shape index (κ1) is 16.5. The molecule has 6 nitrogen and oxygen atoms in total. The van der Waals surface area contributed by atoms with E-state index in [0.717, 1.165) is 11.0 Å². The highest BCUT2D eigenvalue weighted by Gasteiger charge is 2.13. The molecule has 0 aliphatic carbocycles. The first-order valence-electron chi connectivity index (χ1n) is 7.64. The zero-order valence-corrected chi connectivity index (χ0v) is 14.2. The standard InChI is InChI=1S/C17H19N3O3S/c1-23-15-5-7-16(8-6-15)24(21,22)19-11-3-12-20-13-9-14-4-2-10-18-17(14)20/h2,4-10,13,19H,3,11-12H2,1H3. The van der Waals surface area contributed by atoms with Gasteiger partial charge in [-0.1, -0.05) is 0 Å². The molecule has 126 valence electrons. The van der Waals surface area contributed by atoms with Crippen molar-refractivity contribution in [1.29, 1.82) is 0 Å². The summed E-state index contributed by atoms with van der Waals surface area (Å²) >= 11 is 0. The number of aryl methyl sites for hydroxylation is 1. The van der Waals surface area contributed by atoms with Crippen LogP contribution < -0.4 is 9.46 Å². The topological polar surface area (TPSA) is 73.2 Å². The van der Waals surface area contributed by atoms with Crippen molar-refractivity contribution < 1.29 is 13.2 Å². The number of rotatable bonds is 7. The maximum Gasteiger partial charge on any atom is 0.240 e. The summed E-state index contributed by atoms with van der Waals surface area (Å²) in [6.45, 7) is 1.06. The molecule has 1 N–H and O–H groups in total. The van der Waals surface area contributed by atoms with Crippen molar-refractivity contribution in [3.8, 4) is 5.75 Å². The number of fused-ring (bicyclic) bond motifs is 1. The van der Waals surface area contributed by atoms with Crippen LogP contribution in [0.25, 0.3) is 11.0 Å². The molecule has 0 bridgehead atoms. The van der Waals surface area contributed by atoms with Crippen LogP contribution in [-0.2, 0) is 16.6 Å². The van der Waals surface area contributed by atoms with Gasteiger partial charge in [-0.15, -0.1) is 0 Å². The van der Waals surface area contributed by atoms with E-state index in [-0.39, 0.29) is 4.90 Å². The Bertz CT molecular complexity index is 918. The molecule has 0 radical (unpaired) electrons. The van der Waals surface area contributed by atoms with Crippen LogP contribution in [0.5, 0.6) is 5.75 Å². The van der Waals surface area contributed by atoms with Crippen LogP contribution in [0.15, 0.2) is 59.8 Å². The van der Waals surface area contributed by atoms with Gasteiger partial charge in [-0.05, 0) is 48.9 Å². The fraction of sp³-hybridized carbons (Fsp3) is 0.235. The first-order chi connectivity index (χ1) is 11.6. The molecular formula is C17H19N3O3S. The largest absolute Gasteiger partial charge is 0.497 e. The molecular weight excluding hydrogens is 326 g/mol. The summed E-state index contributed by atoms with van der Waals surface area (Å²) in [5.41, 5.74) is 0.913. The summed E-state index contributed by atoms with van der Waals surface area (Å²) in [7, 11) is -1.96. The van der Waals surface area contributed by atoms with Crippen molar-refractivity contribution in [3.05, 3.63) is 54.9 Å². The molecule has 0 fully saturated rings. The Morgan fingerprint density at radius 2 is 1.96 bits per heavy atom. The smallest absolute Gasteiger partial charge is 0.240 e. The van der Waals surface area contributed by atoms with E-state index < -0.39 is 10.0 Å². The number of pyridine rings is 1. The molecule has 0 atom stereocenters. The van der Waals surface area contributed by atoms with Crippen molar-refractivity contribution in [2.45, 2.75) is 17.9 Å². The average Bonchev–Trinajstić information content (AvgIpc) is 3.02. The van der Waals surface area contributed by atoms with Gasteiger partial charge >= 0.3 is 0 Å². The van der Waals surface area contributed by atoms with Crippen molar-refractivity contribution in [2.24, 2.45) is 0 Å². The number of hydrogen-bond donors (Lipinski definition) is 1. The fourth-order valence-electron chi connectivity index (χ4n) is 2.49. The van der Waals surface area contributed by atoms with E-state index in [0.29, 0.717) is 25.3 Å². The lowest BCUT2D eigenvalue weighted by molar-refractivity contribution is 0.414. The zero-order chi connectivity index (χ0) is 17.0. The van der Waals surface area contributed by atoms with Crippen LogP contribution in [0.4, 0.5) is 0 Å². The van der Waals surface area contributed by atoms with E-state index in [1.165, 1.54) is 12.1 Å². The Hall–Kier alpha value is -2.38.